The molecule has 1 saturated heterocycles. The van der Waals surface area contributed by atoms with Gasteiger partial charge >= 0.3 is 5.97 Å². The van der Waals surface area contributed by atoms with Crippen LogP contribution in [0.4, 0.5) is 0 Å². The van der Waals surface area contributed by atoms with Gasteiger partial charge in [0, 0.05) is 19.8 Å². The lowest BCUT2D eigenvalue weighted by atomic mass is 10.2. The molecule has 0 saturated carbocycles. The van der Waals surface area contributed by atoms with E-state index in [1.807, 2.05) is 19.4 Å². The summed E-state index contributed by atoms with van der Waals surface area (Å²) in [6, 6.07) is 0. The van der Waals surface area contributed by atoms with Gasteiger partial charge in [-0.3, -0.25) is 4.68 Å². The molecule has 0 radical (unpaired) electrons. The maximum Gasteiger partial charge on any atom is 0.332 e. The Balaban J connectivity index is 1.60. The third-order valence-electron chi connectivity index (χ3n) is 3.10. The van der Waals surface area contributed by atoms with Crippen molar-refractivity contribution in [3.63, 3.8) is 0 Å². The van der Waals surface area contributed by atoms with Crippen molar-refractivity contribution in [3.05, 3.63) is 18.0 Å². The number of carboxylic acids is 1. The third kappa shape index (κ3) is 3.54. The maximum absolute atomic E-state index is 10.7. The quantitative estimate of drug-likeness (QED) is 0.707. The number of ether oxygens (including phenoxy) is 1. The van der Waals surface area contributed by atoms with Gasteiger partial charge in [-0.05, 0) is 31.4 Å². The van der Waals surface area contributed by atoms with Crippen molar-refractivity contribution in [3.8, 4) is 0 Å². The minimum absolute atomic E-state index is 0.0278. The van der Waals surface area contributed by atoms with Gasteiger partial charge in [-0.25, -0.2) is 4.79 Å². The van der Waals surface area contributed by atoms with Crippen LogP contribution in [0.1, 0.15) is 18.4 Å². The molecule has 0 aromatic carbocycles. The number of aromatic nitrogens is 2. The summed E-state index contributed by atoms with van der Waals surface area (Å²) in [6.07, 6.45) is 5.61. The Kier molecular flexibility index (Phi) is 4.33. The first-order chi connectivity index (χ1) is 8.65. The van der Waals surface area contributed by atoms with Crippen LogP contribution < -0.4 is 5.32 Å². The minimum Gasteiger partial charge on any atom is -0.479 e. The second-order valence-corrected chi connectivity index (χ2v) is 4.64. The normalized spacial score (nSPS) is 23.4. The lowest BCUT2D eigenvalue weighted by Crippen LogP contribution is -2.30. The molecule has 1 aromatic rings. The SMILES string of the molecule is Cn1cc(CCNCC2CCC(C(=O)O)O2)cn1. The van der Waals surface area contributed by atoms with Gasteiger partial charge in [0.25, 0.3) is 0 Å². The predicted octanol–water partition coefficient (Wildman–Crippen LogP) is 0.184. The summed E-state index contributed by atoms with van der Waals surface area (Å²) in [6.45, 7) is 1.56. The molecule has 100 valence electrons. The van der Waals surface area contributed by atoms with Crippen molar-refractivity contribution in [1.29, 1.82) is 0 Å². The fourth-order valence-electron chi connectivity index (χ4n) is 2.13. The number of rotatable bonds is 6. The monoisotopic (exact) mass is 253 g/mol. The van der Waals surface area contributed by atoms with Crippen molar-refractivity contribution < 1.29 is 14.6 Å². The fourth-order valence-corrected chi connectivity index (χ4v) is 2.13. The predicted molar refractivity (Wildman–Crippen MR) is 65.3 cm³/mol. The van der Waals surface area contributed by atoms with Gasteiger partial charge in [-0.15, -0.1) is 0 Å². The van der Waals surface area contributed by atoms with E-state index >= 15 is 0 Å². The first-order valence-corrected chi connectivity index (χ1v) is 6.21. The lowest BCUT2D eigenvalue weighted by Gasteiger charge is -2.11. The average Bonchev–Trinajstić information content (AvgIpc) is 2.93. The minimum atomic E-state index is -0.854. The van der Waals surface area contributed by atoms with Gasteiger partial charge in [0.05, 0.1) is 12.3 Å². The van der Waals surface area contributed by atoms with Gasteiger partial charge in [0.1, 0.15) is 0 Å². The molecule has 0 bridgehead atoms. The molecule has 1 aliphatic rings. The van der Waals surface area contributed by atoms with E-state index < -0.39 is 12.1 Å². The van der Waals surface area contributed by atoms with E-state index in [0.717, 1.165) is 19.4 Å². The van der Waals surface area contributed by atoms with Crippen LogP contribution in [-0.4, -0.2) is 46.2 Å². The molecular weight excluding hydrogens is 234 g/mol. The molecule has 2 unspecified atom stereocenters. The van der Waals surface area contributed by atoms with Crippen molar-refractivity contribution in [1.82, 2.24) is 15.1 Å². The third-order valence-corrected chi connectivity index (χ3v) is 3.10. The Morgan fingerprint density at radius 2 is 2.50 bits per heavy atom. The Bertz CT molecular complexity index is 405. The molecule has 6 heteroatoms. The van der Waals surface area contributed by atoms with Gasteiger partial charge < -0.3 is 15.2 Å². The Hall–Kier alpha value is -1.40. The van der Waals surface area contributed by atoms with E-state index in [0.29, 0.717) is 13.0 Å². The smallest absolute Gasteiger partial charge is 0.332 e. The number of hydrogen-bond acceptors (Lipinski definition) is 4. The van der Waals surface area contributed by atoms with Crippen LogP contribution in [0.25, 0.3) is 0 Å². The molecule has 6 nitrogen and oxygen atoms in total. The summed E-state index contributed by atoms with van der Waals surface area (Å²) < 4.78 is 7.19. The molecule has 0 aliphatic carbocycles. The first kappa shape index (κ1) is 13.0. The van der Waals surface area contributed by atoms with Crippen molar-refractivity contribution in [2.75, 3.05) is 13.1 Å². The fraction of sp³-hybridized carbons (Fsp3) is 0.667. The number of hydrogen-bond donors (Lipinski definition) is 2. The second-order valence-electron chi connectivity index (χ2n) is 4.64. The van der Waals surface area contributed by atoms with Crippen LogP contribution in [0, 0.1) is 0 Å². The molecule has 1 fully saturated rings. The van der Waals surface area contributed by atoms with Gasteiger partial charge in [0.15, 0.2) is 6.10 Å². The maximum atomic E-state index is 10.7. The molecule has 0 spiro atoms. The lowest BCUT2D eigenvalue weighted by molar-refractivity contribution is -0.149. The van der Waals surface area contributed by atoms with E-state index in [1.165, 1.54) is 5.56 Å². The van der Waals surface area contributed by atoms with Gasteiger partial charge in [-0.1, -0.05) is 0 Å². The summed E-state index contributed by atoms with van der Waals surface area (Å²) in [7, 11) is 1.90. The molecule has 2 N–H and O–H groups in total. The zero-order valence-electron chi connectivity index (χ0n) is 10.5. The van der Waals surface area contributed by atoms with Gasteiger partial charge in [0.2, 0.25) is 0 Å². The number of nitrogens with one attached hydrogen (secondary N) is 1. The highest BCUT2D eigenvalue weighted by Crippen LogP contribution is 2.19. The highest BCUT2D eigenvalue weighted by Gasteiger charge is 2.29. The van der Waals surface area contributed by atoms with Crippen molar-refractivity contribution in [2.24, 2.45) is 7.05 Å². The molecule has 2 heterocycles. The standard InChI is InChI=1S/C12H19N3O3/c1-15-8-9(6-14-15)4-5-13-7-10-2-3-11(18-10)12(16)17/h6,8,10-11,13H,2-5,7H2,1H3,(H,16,17). The van der Waals surface area contributed by atoms with E-state index in [1.54, 1.807) is 4.68 Å². The molecule has 1 aliphatic heterocycles. The van der Waals surface area contributed by atoms with E-state index in [-0.39, 0.29) is 6.10 Å². The summed E-state index contributed by atoms with van der Waals surface area (Å²) in [5, 5.41) is 16.2. The number of aliphatic carboxylic acids is 1. The van der Waals surface area contributed by atoms with E-state index in [9.17, 15) is 4.79 Å². The van der Waals surface area contributed by atoms with E-state index in [4.69, 9.17) is 9.84 Å². The van der Waals surface area contributed by atoms with Crippen LogP contribution >= 0.6 is 0 Å². The zero-order valence-corrected chi connectivity index (χ0v) is 10.5. The summed E-state index contributed by atoms with van der Waals surface area (Å²) in [4.78, 5) is 10.7. The highest BCUT2D eigenvalue weighted by atomic mass is 16.5. The van der Waals surface area contributed by atoms with Crippen LogP contribution in [0.3, 0.4) is 0 Å². The Morgan fingerprint density at radius 1 is 1.67 bits per heavy atom. The van der Waals surface area contributed by atoms with Crippen LogP contribution in [0.2, 0.25) is 0 Å². The molecule has 2 rings (SSSR count). The van der Waals surface area contributed by atoms with Gasteiger partial charge in [-0.2, -0.15) is 5.10 Å². The molecule has 2 atom stereocenters. The topological polar surface area (TPSA) is 76.4 Å². The summed E-state index contributed by atoms with van der Waals surface area (Å²) >= 11 is 0. The molecule has 1 aromatic heterocycles. The Morgan fingerprint density at radius 3 is 3.11 bits per heavy atom. The summed E-state index contributed by atoms with van der Waals surface area (Å²) in [5.74, 6) is -0.854. The number of nitrogens with zero attached hydrogens (tertiary/aromatic N) is 2. The number of aryl methyl sites for hydroxylation is 1. The number of carbonyl (C=O) groups is 1. The van der Waals surface area contributed by atoms with Crippen molar-refractivity contribution >= 4 is 5.97 Å². The van der Waals surface area contributed by atoms with Crippen LogP contribution in [0.15, 0.2) is 12.4 Å². The first-order valence-electron chi connectivity index (χ1n) is 6.21. The zero-order chi connectivity index (χ0) is 13.0. The molecular formula is C12H19N3O3. The number of carboxylic acid groups (broad SMARTS) is 1. The molecule has 18 heavy (non-hydrogen) atoms. The Labute approximate surface area is 106 Å². The highest BCUT2D eigenvalue weighted by molar-refractivity contribution is 5.72. The van der Waals surface area contributed by atoms with Crippen molar-refractivity contribution in [2.45, 2.75) is 31.5 Å². The average molecular weight is 253 g/mol. The van der Waals surface area contributed by atoms with Crippen LogP contribution in [0.5, 0.6) is 0 Å². The second kappa shape index (κ2) is 5.97. The molecule has 0 amide bonds. The van der Waals surface area contributed by atoms with E-state index in [2.05, 4.69) is 10.4 Å². The largest absolute Gasteiger partial charge is 0.479 e. The van der Waals surface area contributed by atoms with Crippen LogP contribution in [-0.2, 0) is 23.0 Å². The summed E-state index contributed by atoms with van der Waals surface area (Å²) in [5.41, 5.74) is 1.20.